The van der Waals surface area contributed by atoms with Gasteiger partial charge in [-0.2, -0.15) is 0 Å². The van der Waals surface area contributed by atoms with Crippen molar-refractivity contribution >= 4 is 11.9 Å². The van der Waals surface area contributed by atoms with Crippen molar-refractivity contribution in [3.8, 4) is 0 Å². The largest absolute Gasteiger partial charge is 0.462 e. The number of ether oxygens (including phenoxy) is 5. The summed E-state index contributed by atoms with van der Waals surface area (Å²) in [6, 6.07) is -1.33. The Kier molecular flexibility index (Phi) is 27.4. The predicted molar refractivity (Wildman–Crippen MR) is 293 cm³/mol. The summed E-state index contributed by atoms with van der Waals surface area (Å²) < 4.78 is 29.5. The number of esters is 1. The third-order valence-corrected chi connectivity index (χ3v) is 15.9. The molecule has 5 rings (SSSR count). The van der Waals surface area contributed by atoms with Gasteiger partial charge < -0.3 is 105 Å². The lowest BCUT2D eigenvalue weighted by Crippen LogP contribution is -2.69. The zero-order valence-electron chi connectivity index (χ0n) is 46.9. The molecular formula is C58H92N2O21. The van der Waals surface area contributed by atoms with Gasteiger partial charge in [0.05, 0.1) is 98.7 Å². The lowest BCUT2D eigenvalue weighted by atomic mass is 9.81. The van der Waals surface area contributed by atoms with Crippen LogP contribution in [0.3, 0.4) is 0 Å². The minimum Gasteiger partial charge on any atom is -0.462 e. The Morgan fingerprint density at radius 1 is 0.642 bits per heavy atom. The van der Waals surface area contributed by atoms with E-state index in [2.05, 4.69) is 5.32 Å². The van der Waals surface area contributed by atoms with Crippen LogP contribution in [0.15, 0.2) is 85.1 Å². The number of rotatable bonds is 6. The molecule has 0 radical (unpaired) electrons. The SMILES string of the molecule is CC1[C@H](C)OC(=O)C[C@H](O)C[C@H](O)CC[C@@H](O)[C@H](O)C[C@H](O)C[C@]2(O)C[C@H](O)C(C(=O)N3CCCCC3)C(C[C@@H](OC3O[C@H](C)[C@@H](O)[C@H](NC[C@@]4(O)OC[C@@H](O)[C@@H](O)[C@@H]4O)[C@@H]3O)/C=C/C=C/C=C/C=C/C=C/C=C/C=C/[C@H](C)[C@H]1O)O2. The molecule has 0 aliphatic carbocycles. The number of likely N-dealkylation sites (tertiary alicyclic amines) is 1. The minimum atomic E-state index is -2.45. The minimum absolute atomic E-state index is 0.121. The molecule has 23 atom stereocenters. The molecule has 5 heterocycles. The standard InChI is InChI=1S/C58H92N2O21/c1-34-20-16-13-11-9-7-5-6-8-10-12-14-17-21-41(80-56-53(72)49(51(70)37(4)79-56)59-33-58(76)54(73)52(71)45(67)32-77-58)29-46-48(55(74)60-24-18-15-19-25-60)44(66)31-57(75,81-46)30-40(63)27-43(65)42(64)23-22-38(61)26-39(62)28-47(68)78-36(3)35(2)50(34)69/h5-14,16-17,20-21,34-46,48-54,56,59,61-67,69-73,75-76H,15,18-19,22-33H2,1-4H3/b6-5+,9-7+,10-8+,13-11+,14-12+,20-16+,21-17+/t34-,35?,36-,37+,38+,39+,40-,41-,42+,43+,44-,45+,46?,48?,49-,50+,51+,52+,53-,54-,56?,57+,58+/m0/s1. The van der Waals surface area contributed by atoms with E-state index in [9.17, 15) is 81.1 Å². The number of nitrogens with zero attached hydrogens (tertiary/aromatic N) is 1. The summed E-state index contributed by atoms with van der Waals surface area (Å²) >= 11 is 0. The Morgan fingerprint density at radius 2 is 1.25 bits per heavy atom. The van der Waals surface area contributed by atoms with Gasteiger partial charge in [0.2, 0.25) is 11.7 Å². The van der Waals surface area contributed by atoms with Crippen molar-refractivity contribution in [2.45, 2.75) is 220 Å². The van der Waals surface area contributed by atoms with E-state index in [1.165, 1.54) is 6.92 Å². The van der Waals surface area contributed by atoms with Gasteiger partial charge in [-0.25, -0.2) is 0 Å². The number of cyclic esters (lactones) is 1. The second kappa shape index (κ2) is 32.6. The van der Waals surface area contributed by atoms with E-state index in [0.29, 0.717) is 25.9 Å². The van der Waals surface area contributed by atoms with Crippen molar-refractivity contribution in [2.75, 3.05) is 26.2 Å². The summed E-state index contributed by atoms with van der Waals surface area (Å²) in [5.74, 6) is -8.04. The number of hydrogen-bond acceptors (Lipinski definition) is 22. The second-order valence-corrected chi connectivity index (χ2v) is 22.6. The van der Waals surface area contributed by atoms with Crippen molar-refractivity contribution in [2.24, 2.45) is 17.8 Å². The van der Waals surface area contributed by atoms with Gasteiger partial charge in [0.1, 0.15) is 30.5 Å². The highest BCUT2D eigenvalue weighted by Gasteiger charge is 2.53. The van der Waals surface area contributed by atoms with E-state index in [4.69, 9.17) is 23.7 Å². The molecule has 4 unspecified atom stereocenters. The molecule has 1 amide bonds. The number of nitrogens with one attached hydrogen (secondary N) is 1. The van der Waals surface area contributed by atoms with Gasteiger partial charge in [0, 0.05) is 50.6 Å². The Bertz CT molecular complexity index is 2140. The maximum Gasteiger partial charge on any atom is 0.308 e. The Hall–Kier alpha value is -3.64. The average molecular weight is 1150 g/mol. The number of aliphatic hydroxyl groups is 14. The summed E-state index contributed by atoms with van der Waals surface area (Å²) in [4.78, 5) is 28.8. The Labute approximate surface area is 474 Å². The zero-order valence-corrected chi connectivity index (χ0v) is 46.9. The first-order valence-corrected chi connectivity index (χ1v) is 28.5. The fourth-order valence-corrected chi connectivity index (χ4v) is 10.8. The maximum atomic E-state index is 14.4. The first-order valence-electron chi connectivity index (χ1n) is 28.5. The van der Waals surface area contributed by atoms with Crippen molar-refractivity contribution in [1.29, 1.82) is 0 Å². The van der Waals surface area contributed by atoms with Crippen molar-refractivity contribution < 1.29 is 105 Å². The summed E-state index contributed by atoms with van der Waals surface area (Å²) in [5, 5.41) is 157. The van der Waals surface area contributed by atoms with E-state index in [1.54, 1.807) is 97.7 Å². The lowest BCUT2D eigenvalue weighted by molar-refractivity contribution is -0.323. The van der Waals surface area contributed by atoms with E-state index < -0.39 is 184 Å². The monoisotopic (exact) mass is 1150 g/mol. The fraction of sp³-hybridized carbons (Fsp3) is 0.724. The highest BCUT2D eigenvalue weighted by Crippen LogP contribution is 2.39. The van der Waals surface area contributed by atoms with Crippen LogP contribution < -0.4 is 5.32 Å². The number of fused-ring (bicyclic) bond motifs is 2. The fourth-order valence-electron chi connectivity index (χ4n) is 10.8. The van der Waals surface area contributed by atoms with E-state index in [0.717, 1.165) is 6.42 Å². The molecule has 0 aromatic carbocycles. The normalized spacial score (nSPS) is 45.8. The molecule has 460 valence electrons. The number of amides is 1. The molecule has 5 aliphatic rings. The number of hydrogen-bond donors (Lipinski definition) is 15. The average Bonchev–Trinajstić information content (AvgIpc) is 3.52. The summed E-state index contributed by atoms with van der Waals surface area (Å²) in [6.45, 7) is 6.32. The van der Waals surface area contributed by atoms with Crippen LogP contribution in [-0.2, 0) is 33.3 Å². The molecule has 2 bridgehead atoms. The molecule has 23 heteroatoms. The van der Waals surface area contributed by atoms with Gasteiger partial charge >= 0.3 is 5.97 Å². The van der Waals surface area contributed by atoms with Crippen LogP contribution in [0.5, 0.6) is 0 Å². The molecule has 0 aromatic heterocycles. The molecule has 15 N–H and O–H groups in total. The third kappa shape index (κ3) is 20.5. The molecule has 0 spiro atoms. The summed E-state index contributed by atoms with van der Waals surface area (Å²) in [7, 11) is 0. The van der Waals surface area contributed by atoms with Crippen LogP contribution in [0, 0.1) is 17.8 Å². The van der Waals surface area contributed by atoms with Crippen molar-refractivity contribution in [3.05, 3.63) is 85.1 Å². The number of piperidine rings is 1. The van der Waals surface area contributed by atoms with Crippen LogP contribution in [0.25, 0.3) is 0 Å². The molecule has 5 aliphatic heterocycles. The molecule has 23 nitrogen and oxygen atoms in total. The Balaban J connectivity index is 1.42. The first kappa shape index (κ1) is 68.1. The van der Waals surface area contributed by atoms with Crippen LogP contribution in [0.1, 0.15) is 98.3 Å². The maximum absolute atomic E-state index is 14.4. The van der Waals surface area contributed by atoms with Gasteiger partial charge in [0.25, 0.3) is 0 Å². The number of allylic oxidation sites excluding steroid dienone is 12. The third-order valence-electron chi connectivity index (χ3n) is 15.9. The molecule has 4 saturated heterocycles. The van der Waals surface area contributed by atoms with Gasteiger partial charge in [-0.3, -0.25) is 9.59 Å². The van der Waals surface area contributed by atoms with E-state index >= 15 is 0 Å². The predicted octanol–water partition coefficient (Wildman–Crippen LogP) is -0.928. The van der Waals surface area contributed by atoms with Gasteiger partial charge in [0.15, 0.2) is 12.1 Å². The number of carbonyl (C=O) groups is 2. The van der Waals surface area contributed by atoms with Crippen LogP contribution in [-0.4, -0.2) is 236 Å². The Morgan fingerprint density at radius 3 is 1.88 bits per heavy atom. The highest BCUT2D eigenvalue weighted by molar-refractivity contribution is 5.80. The van der Waals surface area contributed by atoms with Crippen LogP contribution in [0.4, 0.5) is 0 Å². The lowest BCUT2D eigenvalue weighted by Gasteiger charge is -2.47. The molecular weight excluding hydrogens is 1060 g/mol. The van der Waals surface area contributed by atoms with E-state index in [1.807, 2.05) is 13.0 Å². The van der Waals surface area contributed by atoms with Crippen molar-refractivity contribution in [3.63, 3.8) is 0 Å². The summed E-state index contributed by atoms with van der Waals surface area (Å²) in [5.41, 5.74) is 0. The quantitative estimate of drug-likeness (QED) is 0.143. The second-order valence-electron chi connectivity index (χ2n) is 22.6. The molecule has 81 heavy (non-hydrogen) atoms. The first-order chi connectivity index (χ1) is 38.3. The molecule has 0 saturated carbocycles. The molecule has 0 aromatic rings. The number of aliphatic hydroxyl groups excluding tert-OH is 12. The van der Waals surface area contributed by atoms with Crippen LogP contribution in [0.2, 0.25) is 0 Å². The summed E-state index contributed by atoms with van der Waals surface area (Å²) in [6.07, 6.45) is -0.106. The van der Waals surface area contributed by atoms with E-state index in [-0.39, 0.29) is 31.6 Å². The van der Waals surface area contributed by atoms with Crippen molar-refractivity contribution in [1.82, 2.24) is 10.2 Å². The van der Waals surface area contributed by atoms with Gasteiger partial charge in [-0.1, -0.05) is 98.9 Å². The smallest absolute Gasteiger partial charge is 0.308 e. The highest BCUT2D eigenvalue weighted by atomic mass is 16.7. The zero-order chi connectivity index (χ0) is 59.6. The topological polar surface area (TPSA) is 379 Å². The number of carbonyl (C=O) groups excluding carboxylic acids is 2. The van der Waals surface area contributed by atoms with Gasteiger partial charge in [-0.05, 0) is 52.4 Å². The van der Waals surface area contributed by atoms with Crippen LogP contribution >= 0.6 is 0 Å². The van der Waals surface area contributed by atoms with Gasteiger partial charge in [-0.15, -0.1) is 0 Å². The molecule has 4 fully saturated rings.